The standard InChI is InChI=1S/C14H15NO2/c16-13-7-12(8-14(17)15-13)11-5-3-10(4-6-11)9-1-2-9/h3-6,9,12H,1-2,7-8H2,(H,15,16,17). The molecule has 1 N–H and O–H groups in total. The van der Waals surface area contributed by atoms with Crippen LogP contribution in [-0.4, -0.2) is 11.8 Å². The number of amides is 2. The molecule has 0 bridgehead atoms. The first kappa shape index (κ1) is 10.5. The van der Waals surface area contributed by atoms with Crippen LogP contribution in [0, 0.1) is 0 Å². The number of imide groups is 1. The Balaban J connectivity index is 1.78. The molecule has 1 aliphatic carbocycles. The molecule has 1 saturated carbocycles. The van der Waals surface area contributed by atoms with Gasteiger partial charge in [-0.3, -0.25) is 14.9 Å². The lowest BCUT2D eigenvalue weighted by Crippen LogP contribution is -2.37. The fourth-order valence-corrected chi connectivity index (χ4v) is 2.47. The molecule has 2 aliphatic rings. The predicted molar refractivity (Wildman–Crippen MR) is 63.5 cm³/mol. The summed E-state index contributed by atoms with van der Waals surface area (Å²) in [5, 5.41) is 2.34. The van der Waals surface area contributed by atoms with Crippen LogP contribution in [0.25, 0.3) is 0 Å². The number of carbonyl (C=O) groups is 2. The summed E-state index contributed by atoms with van der Waals surface area (Å²) in [6.45, 7) is 0. The highest BCUT2D eigenvalue weighted by atomic mass is 16.2. The van der Waals surface area contributed by atoms with Crippen molar-refractivity contribution in [1.29, 1.82) is 0 Å². The van der Waals surface area contributed by atoms with Crippen LogP contribution >= 0.6 is 0 Å². The van der Waals surface area contributed by atoms with E-state index in [-0.39, 0.29) is 17.7 Å². The van der Waals surface area contributed by atoms with E-state index in [4.69, 9.17) is 0 Å². The van der Waals surface area contributed by atoms with E-state index in [0.717, 1.165) is 11.5 Å². The van der Waals surface area contributed by atoms with Gasteiger partial charge in [-0.1, -0.05) is 24.3 Å². The van der Waals surface area contributed by atoms with Crippen LogP contribution in [0.1, 0.15) is 48.6 Å². The zero-order chi connectivity index (χ0) is 11.8. The smallest absolute Gasteiger partial charge is 0.227 e. The minimum absolute atomic E-state index is 0.0597. The Bertz CT molecular complexity index is 444. The quantitative estimate of drug-likeness (QED) is 0.789. The molecule has 0 radical (unpaired) electrons. The highest BCUT2D eigenvalue weighted by Crippen LogP contribution is 2.40. The molecule has 1 heterocycles. The van der Waals surface area contributed by atoms with E-state index in [2.05, 4.69) is 29.6 Å². The monoisotopic (exact) mass is 229 g/mol. The van der Waals surface area contributed by atoms with Crippen molar-refractivity contribution in [3.63, 3.8) is 0 Å². The third kappa shape index (κ3) is 2.23. The van der Waals surface area contributed by atoms with Crippen LogP contribution < -0.4 is 5.32 Å². The maximum Gasteiger partial charge on any atom is 0.227 e. The number of carbonyl (C=O) groups excluding carboxylic acids is 2. The second kappa shape index (κ2) is 3.99. The normalized spacial score (nSPS) is 21.4. The zero-order valence-corrected chi connectivity index (χ0v) is 9.61. The summed E-state index contributed by atoms with van der Waals surface area (Å²) in [5.74, 6) is 0.500. The molecule has 2 fully saturated rings. The summed E-state index contributed by atoms with van der Waals surface area (Å²) in [4.78, 5) is 22.6. The molecule has 2 amide bonds. The Morgan fingerprint density at radius 3 is 1.76 bits per heavy atom. The predicted octanol–water partition coefficient (Wildman–Crippen LogP) is 2.08. The molecule has 0 unspecified atom stereocenters. The number of benzene rings is 1. The van der Waals surface area contributed by atoms with Gasteiger partial charge in [0.2, 0.25) is 11.8 Å². The molecule has 3 heteroatoms. The van der Waals surface area contributed by atoms with Crippen LogP contribution in [0.3, 0.4) is 0 Å². The highest BCUT2D eigenvalue weighted by molar-refractivity contribution is 5.98. The largest absolute Gasteiger partial charge is 0.296 e. The molecule has 3 nitrogen and oxygen atoms in total. The molecule has 1 saturated heterocycles. The summed E-state index contributed by atoms with van der Waals surface area (Å²) in [5.41, 5.74) is 2.50. The Hall–Kier alpha value is -1.64. The zero-order valence-electron chi connectivity index (χ0n) is 9.61. The van der Waals surface area contributed by atoms with Gasteiger partial charge < -0.3 is 0 Å². The third-order valence-electron chi connectivity index (χ3n) is 3.60. The van der Waals surface area contributed by atoms with Crippen LogP contribution in [0.4, 0.5) is 0 Å². The Morgan fingerprint density at radius 1 is 0.824 bits per heavy atom. The van der Waals surface area contributed by atoms with Gasteiger partial charge in [-0.05, 0) is 29.9 Å². The van der Waals surface area contributed by atoms with Gasteiger partial charge in [0.15, 0.2) is 0 Å². The van der Waals surface area contributed by atoms with Gasteiger partial charge in [0, 0.05) is 18.8 Å². The van der Waals surface area contributed by atoms with E-state index in [1.165, 1.54) is 18.4 Å². The van der Waals surface area contributed by atoms with Gasteiger partial charge in [-0.15, -0.1) is 0 Å². The Morgan fingerprint density at radius 2 is 1.29 bits per heavy atom. The lowest BCUT2D eigenvalue weighted by atomic mass is 9.89. The van der Waals surface area contributed by atoms with Gasteiger partial charge in [0.25, 0.3) is 0 Å². The maximum absolute atomic E-state index is 11.3. The van der Waals surface area contributed by atoms with Gasteiger partial charge in [0.05, 0.1) is 0 Å². The maximum atomic E-state index is 11.3. The van der Waals surface area contributed by atoms with E-state index in [1.54, 1.807) is 0 Å². The van der Waals surface area contributed by atoms with Crippen LogP contribution in [0.2, 0.25) is 0 Å². The van der Waals surface area contributed by atoms with E-state index < -0.39 is 0 Å². The molecular formula is C14H15NO2. The molecular weight excluding hydrogens is 214 g/mol. The SMILES string of the molecule is O=C1CC(c2ccc(C3CC3)cc2)CC(=O)N1. The molecule has 1 aliphatic heterocycles. The Kier molecular flexibility index (Phi) is 2.46. The minimum Gasteiger partial charge on any atom is -0.296 e. The molecule has 88 valence electrons. The van der Waals surface area contributed by atoms with Crippen molar-refractivity contribution >= 4 is 11.8 Å². The molecule has 1 aromatic carbocycles. The highest BCUT2D eigenvalue weighted by Gasteiger charge is 2.27. The lowest BCUT2D eigenvalue weighted by Gasteiger charge is -2.21. The van der Waals surface area contributed by atoms with Crippen LogP contribution in [0.15, 0.2) is 24.3 Å². The average Bonchev–Trinajstić information content (AvgIpc) is 3.12. The summed E-state index contributed by atoms with van der Waals surface area (Å²) in [6, 6.07) is 8.43. The second-order valence-corrected chi connectivity index (χ2v) is 5.02. The topological polar surface area (TPSA) is 46.2 Å². The molecule has 0 aromatic heterocycles. The number of hydrogen-bond acceptors (Lipinski definition) is 2. The molecule has 17 heavy (non-hydrogen) atoms. The van der Waals surface area contributed by atoms with Crippen molar-refractivity contribution in [2.24, 2.45) is 0 Å². The molecule has 1 aromatic rings. The number of piperidine rings is 1. The lowest BCUT2D eigenvalue weighted by molar-refractivity contribution is -0.133. The van der Waals surface area contributed by atoms with E-state index in [1.807, 2.05) is 0 Å². The van der Waals surface area contributed by atoms with Gasteiger partial charge >= 0.3 is 0 Å². The van der Waals surface area contributed by atoms with Crippen molar-refractivity contribution in [3.05, 3.63) is 35.4 Å². The number of nitrogens with one attached hydrogen (secondary N) is 1. The van der Waals surface area contributed by atoms with Crippen molar-refractivity contribution < 1.29 is 9.59 Å². The van der Waals surface area contributed by atoms with Gasteiger partial charge in [-0.25, -0.2) is 0 Å². The first-order chi connectivity index (χ1) is 8.22. The summed E-state index contributed by atoms with van der Waals surface area (Å²) in [6.07, 6.45) is 3.44. The van der Waals surface area contributed by atoms with Crippen molar-refractivity contribution in [2.75, 3.05) is 0 Å². The first-order valence-corrected chi connectivity index (χ1v) is 6.15. The van der Waals surface area contributed by atoms with E-state index in [9.17, 15) is 9.59 Å². The van der Waals surface area contributed by atoms with Crippen molar-refractivity contribution in [3.8, 4) is 0 Å². The fourth-order valence-electron chi connectivity index (χ4n) is 2.47. The fraction of sp³-hybridized carbons (Fsp3) is 0.429. The number of rotatable bonds is 2. The van der Waals surface area contributed by atoms with Crippen LogP contribution in [0.5, 0.6) is 0 Å². The first-order valence-electron chi connectivity index (χ1n) is 6.15. The van der Waals surface area contributed by atoms with Crippen molar-refractivity contribution in [1.82, 2.24) is 5.32 Å². The van der Waals surface area contributed by atoms with E-state index >= 15 is 0 Å². The van der Waals surface area contributed by atoms with Crippen LogP contribution in [-0.2, 0) is 9.59 Å². The third-order valence-corrected chi connectivity index (χ3v) is 3.60. The second-order valence-electron chi connectivity index (χ2n) is 5.02. The summed E-state index contributed by atoms with van der Waals surface area (Å²) < 4.78 is 0. The van der Waals surface area contributed by atoms with Crippen molar-refractivity contribution in [2.45, 2.75) is 37.5 Å². The summed E-state index contributed by atoms with van der Waals surface area (Å²) >= 11 is 0. The molecule has 0 atom stereocenters. The average molecular weight is 229 g/mol. The molecule has 3 rings (SSSR count). The summed E-state index contributed by atoms with van der Waals surface area (Å²) in [7, 11) is 0. The van der Waals surface area contributed by atoms with Gasteiger partial charge in [0.1, 0.15) is 0 Å². The number of hydrogen-bond donors (Lipinski definition) is 1. The van der Waals surface area contributed by atoms with Gasteiger partial charge in [-0.2, -0.15) is 0 Å². The minimum atomic E-state index is -0.155. The molecule has 0 spiro atoms. The van der Waals surface area contributed by atoms with E-state index in [0.29, 0.717) is 12.8 Å². The Labute approximate surface area is 100 Å².